The number of halogens is 3. The molecule has 0 spiro atoms. The molecule has 2 rings (SSSR count). The normalized spacial score (nSPS) is 11.7. The van der Waals surface area contributed by atoms with Gasteiger partial charge in [0.25, 0.3) is 0 Å². The smallest absolute Gasteiger partial charge is 0.446 e. The molecular weight excluding hydrogens is 293 g/mol. The van der Waals surface area contributed by atoms with Crippen LogP contribution in [0.2, 0.25) is 0 Å². The van der Waals surface area contributed by atoms with E-state index in [1.165, 1.54) is 12.1 Å². The van der Waals surface area contributed by atoms with E-state index in [9.17, 15) is 18.0 Å². The first-order valence-corrected chi connectivity index (χ1v) is 5.87. The Balaban J connectivity index is 2.32. The van der Waals surface area contributed by atoms with Crippen LogP contribution in [0.1, 0.15) is 13.8 Å². The van der Waals surface area contributed by atoms with Crippen molar-refractivity contribution < 1.29 is 27.1 Å². The van der Waals surface area contributed by atoms with Crippen molar-refractivity contribution in [1.82, 2.24) is 9.78 Å². The maximum absolute atomic E-state index is 12.2. The molecular formula is C12H11F3N2O4. The molecule has 0 atom stereocenters. The Morgan fingerprint density at radius 3 is 2.67 bits per heavy atom. The maximum Gasteiger partial charge on any atom is 0.573 e. The summed E-state index contributed by atoms with van der Waals surface area (Å²) in [5.74, 6) is -1.35. The third kappa shape index (κ3) is 4.01. The fraction of sp³-hybridized carbons (Fsp3) is 0.333. The van der Waals surface area contributed by atoms with Gasteiger partial charge < -0.3 is 13.9 Å². The first-order valence-electron chi connectivity index (χ1n) is 5.87. The number of hydrogen-bond donors (Lipinski definition) is 0. The number of ether oxygens (including phenoxy) is 2. The van der Waals surface area contributed by atoms with Gasteiger partial charge in [0.05, 0.1) is 11.8 Å². The minimum atomic E-state index is -4.82. The highest BCUT2D eigenvalue weighted by Gasteiger charge is 2.31. The molecule has 1 aromatic heterocycles. The van der Waals surface area contributed by atoms with Crippen LogP contribution in [0, 0.1) is 0 Å². The van der Waals surface area contributed by atoms with Crippen molar-refractivity contribution >= 4 is 0 Å². The van der Waals surface area contributed by atoms with Gasteiger partial charge in [-0.3, -0.25) is 0 Å². The Bertz CT molecular complexity index is 676. The predicted molar refractivity (Wildman–Crippen MR) is 64.5 cm³/mol. The lowest BCUT2D eigenvalue weighted by atomic mass is 10.3. The second kappa shape index (κ2) is 5.51. The molecule has 0 N–H and O–H groups in total. The zero-order valence-corrected chi connectivity index (χ0v) is 11.0. The van der Waals surface area contributed by atoms with Gasteiger partial charge in [-0.25, -0.2) is 4.79 Å². The zero-order chi connectivity index (χ0) is 15.6. The van der Waals surface area contributed by atoms with Crippen molar-refractivity contribution in [2.45, 2.75) is 26.3 Å². The van der Waals surface area contributed by atoms with Gasteiger partial charge >= 0.3 is 18.2 Å². The number of alkyl halides is 3. The van der Waals surface area contributed by atoms with E-state index in [1.54, 1.807) is 13.8 Å². The van der Waals surface area contributed by atoms with E-state index >= 15 is 0 Å². The van der Waals surface area contributed by atoms with E-state index in [4.69, 9.17) is 9.15 Å². The van der Waals surface area contributed by atoms with Crippen molar-refractivity contribution in [3.8, 4) is 17.5 Å². The molecule has 0 saturated carbocycles. The molecule has 0 unspecified atom stereocenters. The van der Waals surface area contributed by atoms with Crippen LogP contribution in [0.15, 0.2) is 33.5 Å². The van der Waals surface area contributed by atoms with Crippen LogP contribution in [0.25, 0.3) is 5.69 Å². The van der Waals surface area contributed by atoms with Gasteiger partial charge in [-0.15, -0.1) is 13.2 Å². The van der Waals surface area contributed by atoms with E-state index < -0.39 is 17.9 Å². The molecule has 0 bridgehead atoms. The predicted octanol–water partition coefficient (Wildman–Crippen LogP) is 2.51. The Kier molecular flexibility index (Phi) is 3.92. The van der Waals surface area contributed by atoms with Gasteiger partial charge in [0.15, 0.2) is 0 Å². The van der Waals surface area contributed by atoms with Crippen LogP contribution in [0.5, 0.6) is 11.8 Å². The van der Waals surface area contributed by atoms with E-state index in [-0.39, 0.29) is 17.9 Å². The number of benzene rings is 1. The molecule has 9 heteroatoms. The maximum atomic E-state index is 12.2. The molecule has 114 valence electrons. The molecule has 0 aliphatic carbocycles. The van der Waals surface area contributed by atoms with Gasteiger partial charge in [0, 0.05) is 6.07 Å². The molecule has 0 aliphatic rings. The fourth-order valence-electron chi connectivity index (χ4n) is 1.49. The largest absolute Gasteiger partial charge is 0.573 e. The lowest BCUT2D eigenvalue weighted by Gasteiger charge is -2.09. The summed E-state index contributed by atoms with van der Waals surface area (Å²) in [6, 6.07) is 4.79. The molecule has 1 aromatic carbocycles. The van der Waals surface area contributed by atoms with Crippen LogP contribution >= 0.6 is 0 Å². The summed E-state index contributed by atoms with van der Waals surface area (Å²) in [7, 11) is 0. The number of nitrogens with zero attached hydrogens (tertiary/aromatic N) is 2. The second-order valence-corrected chi connectivity index (χ2v) is 4.26. The highest BCUT2D eigenvalue weighted by molar-refractivity contribution is 5.38. The van der Waals surface area contributed by atoms with Crippen molar-refractivity contribution in [3.63, 3.8) is 0 Å². The summed E-state index contributed by atoms with van der Waals surface area (Å²) >= 11 is 0. The molecule has 6 nitrogen and oxygen atoms in total. The van der Waals surface area contributed by atoms with Gasteiger partial charge in [0.2, 0.25) is 0 Å². The molecule has 0 aliphatic heterocycles. The average molecular weight is 304 g/mol. The second-order valence-electron chi connectivity index (χ2n) is 4.26. The summed E-state index contributed by atoms with van der Waals surface area (Å²) in [6.45, 7) is 3.41. The molecule has 0 radical (unpaired) electrons. The average Bonchev–Trinajstić information content (AvgIpc) is 2.67. The van der Waals surface area contributed by atoms with Crippen molar-refractivity contribution in [1.29, 1.82) is 0 Å². The monoisotopic (exact) mass is 304 g/mol. The fourth-order valence-corrected chi connectivity index (χ4v) is 1.49. The third-order valence-corrected chi connectivity index (χ3v) is 2.16. The van der Waals surface area contributed by atoms with Crippen molar-refractivity contribution in [2.24, 2.45) is 0 Å². The highest BCUT2D eigenvalue weighted by atomic mass is 19.4. The number of hydrogen-bond acceptors (Lipinski definition) is 5. The molecule has 21 heavy (non-hydrogen) atoms. The zero-order valence-electron chi connectivity index (χ0n) is 11.0. The number of rotatable bonds is 4. The molecule has 0 amide bonds. The Morgan fingerprint density at radius 2 is 2.05 bits per heavy atom. The van der Waals surface area contributed by atoms with Gasteiger partial charge in [0.1, 0.15) is 5.75 Å². The summed E-state index contributed by atoms with van der Waals surface area (Å²) < 4.78 is 50.9. The quantitative estimate of drug-likeness (QED) is 0.868. The highest BCUT2D eigenvalue weighted by Crippen LogP contribution is 2.24. The topological polar surface area (TPSA) is 66.5 Å². The number of aromatic nitrogens is 2. The summed E-state index contributed by atoms with van der Waals surface area (Å²) in [5, 5.41) is 3.74. The Labute approximate surface area is 116 Å². The van der Waals surface area contributed by atoms with E-state index in [0.717, 1.165) is 16.8 Å². The van der Waals surface area contributed by atoms with Crippen molar-refractivity contribution in [3.05, 3.63) is 34.8 Å². The minimum Gasteiger partial charge on any atom is -0.446 e. The molecule has 2 aromatic rings. The first-order chi connectivity index (χ1) is 9.74. The molecule has 1 heterocycles. The SMILES string of the molecule is CC(C)Oc1nn(-c2cccc(OC(F)(F)F)c2)c(=O)o1. The lowest BCUT2D eigenvalue weighted by molar-refractivity contribution is -0.274. The van der Waals surface area contributed by atoms with E-state index in [1.807, 2.05) is 0 Å². The molecule has 0 saturated heterocycles. The van der Waals surface area contributed by atoms with E-state index in [0.29, 0.717) is 0 Å². The summed E-state index contributed by atoms with van der Waals surface area (Å²) in [5.41, 5.74) is 0.0594. The van der Waals surface area contributed by atoms with Gasteiger partial charge in [-0.05, 0) is 26.0 Å². The summed E-state index contributed by atoms with van der Waals surface area (Å²) in [6.07, 6.45) is -5.35. The first kappa shape index (κ1) is 14.9. The van der Waals surface area contributed by atoms with Gasteiger partial charge in [-0.2, -0.15) is 4.68 Å². The molecule has 0 fully saturated rings. The van der Waals surface area contributed by atoms with Crippen molar-refractivity contribution in [2.75, 3.05) is 0 Å². The lowest BCUT2D eigenvalue weighted by Crippen LogP contribution is -2.18. The van der Waals surface area contributed by atoms with Crippen LogP contribution in [-0.2, 0) is 0 Å². The standard InChI is InChI=1S/C12H11F3N2O4/c1-7(2)19-10-16-17(11(18)20-10)8-4-3-5-9(6-8)21-12(13,14)15/h3-7H,1-2H3. The Morgan fingerprint density at radius 1 is 1.33 bits per heavy atom. The van der Waals surface area contributed by atoms with Crippen LogP contribution in [0.4, 0.5) is 13.2 Å². The van der Waals surface area contributed by atoms with Crippen LogP contribution in [-0.4, -0.2) is 22.2 Å². The van der Waals surface area contributed by atoms with Crippen LogP contribution in [0.3, 0.4) is 0 Å². The summed E-state index contributed by atoms with van der Waals surface area (Å²) in [4.78, 5) is 11.6. The third-order valence-electron chi connectivity index (χ3n) is 2.16. The Hall–Kier alpha value is -2.45. The van der Waals surface area contributed by atoms with E-state index in [2.05, 4.69) is 9.84 Å². The minimum absolute atomic E-state index is 0.0594. The van der Waals surface area contributed by atoms with Gasteiger partial charge in [-0.1, -0.05) is 11.2 Å². The van der Waals surface area contributed by atoms with Crippen LogP contribution < -0.4 is 15.2 Å².